The Labute approximate surface area is 95.2 Å². The molecule has 0 amide bonds. The highest BCUT2D eigenvalue weighted by molar-refractivity contribution is 7.99. The van der Waals surface area contributed by atoms with E-state index in [1.807, 2.05) is 30.9 Å². The summed E-state index contributed by atoms with van der Waals surface area (Å²) in [5.41, 5.74) is 0. The van der Waals surface area contributed by atoms with E-state index in [9.17, 15) is 0 Å². The third kappa shape index (κ3) is 4.36. The topological polar surface area (TPSA) is 12.0 Å². The number of thioether (sulfide) groups is 1. The second kappa shape index (κ2) is 6.33. The summed E-state index contributed by atoms with van der Waals surface area (Å²) >= 11 is 7.67. The van der Waals surface area contributed by atoms with E-state index in [4.69, 9.17) is 11.6 Å². The van der Waals surface area contributed by atoms with Gasteiger partial charge < -0.3 is 5.32 Å². The average molecular weight is 230 g/mol. The Balaban J connectivity index is 2.28. The molecule has 1 atom stereocenters. The molecule has 1 aromatic carbocycles. The summed E-state index contributed by atoms with van der Waals surface area (Å²) < 4.78 is 0. The van der Waals surface area contributed by atoms with Crippen LogP contribution in [0.2, 0.25) is 5.02 Å². The van der Waals surface area contributed by atoms with Gasteiger partial charge in [-0.2, -0.15) is 0 Å². The van der Waals surface area contributed by atoms with E-state index in [-0.39, 0.29) is 0 Å². The third-order valence-corrected chi connectivity index (χ3v) is 3.42. The normalized spacial score (nSPS) is 12.8. The molecule has 0 aliphatic heterocycles. The fourth-order valence-electron chi connectivity index (χ4n) is 1.03. The van der Waals surface area contributed by atoms with E-state index < -0.39 is 0 Å². The molecular formula is C11H16ClNS. The molecule has 14 heavy (non-hydrogen) atoms. The smallest absolute Gasteiger partial charge is 0.0406 e. The summed E-state index contributed by atoms with van der Waals surface area (Å²) in [6.07, 6.45) is 1.18. The van der Waals surface area contributed by atoms with E-state index in [2.05, 4.69) is 24.4 Å². The molecule has 0 bridgehead atoms. The van der Waals surface area contributed by atoms with Gasteiger partial charge in [-0.05, 0) is 50.4 Å². The number of benzene rings is 1. The average Bonchev–Trinajstić information content (AvgIpc) is 2.21. The van der Waals surface area contributed by atoms with Crippen molar-refractivity contribution < 1.29 is 0 Å². The Hall–Kier alpha value is -0.180. The van der Waals surface area contributed by atoms with Crippen LogP contribution in [-0.2, 0) is 0 Å². The predicted molar refractivity (Wildman–Crippen MR) is 65.3 cm³/mol. The molecule has 1 aromatic rings. The van der Waals surface area contributed by atoms with Gasteiger partial charge in [-0.15, -0.1) is 11.8 Å². The lowest BCUT2D eigenvalue weighted by molar-refractivity contribution is 0.598. The van der Waals surface area contributed by atoms with Gasteiger partial charge in [0.15, 0.2) is 0 Å². The summed E-state index contributed by atoms with van der Waals surface area (Å²) in [7, 11) is 2.00. The third-order valence-electron chi connectivity index (χ3n) is 2.13. The standard InChI is InChI=1S/C11H16ClNS/c1-9(13-2)7-8-14-11-5-3-10(12)4-6-11/h3-6,9,13H,7-8H2,1-2H3. The van der Waals surface area contributed by atoms with Gasteiger partial charge in [-0.3, -0.25) is 0 Å². The Bertz CT molecular complexity index is 260. The van der Waals surface area contributed by atoms with Crippen LogP contribution in [0.25, 0.3) is 0 Å². The van der Waals surface area contributed by atoms with Gasteiger partial charge >= 0.3 is 0 Å². The molecule has 0 saturated heterocycles. The highest BCUT2D eigenvalue weighted by Crippen LogP contribution is 2.21. The first-order valence-corrected chi connectivity index (χ1v) is 6.14. The summed E-state index contributed by atoms with van der Waals surface area (Å²) in [4.78, 5) is 1.29. The van der Waals surface area contributed by atoms with Crippen molar-refractivity contribution in [3.63, 3.8) is 0 Å². The van der Waals surface area contributed by atoms with Crippen LogP contribution >= 0.6 is 23.4 Å². The molecule has 0 heterocycles. The van der Waals surface area contributed by atoms with Gasteiger partial charge in [0.25, 0.3) is 0 Å². The minimum absolute atomic E-state index is 0.592. The summed E-state index contributed by atoms with van der Waals surface area (Å²) in [6, 6.07) is 8.60. The lowest BCUT2D eigenvalue weighted by atomic mass is 10.3. The SMILES string of the molecule is CNC(C)CCSc1ccc(Cl)cc1. The molecule has 0 aliphatic rings. The van der Waals surface area contributed by atoms with Crippen LogP contribution in [0.5, 0.6) is 0 Å². The van der Waals surface area contributed by atoms with Crippen LogP contribution in [0.15, 0.2) is 29.2 Å². The van der Waals surface area contributed by atoms with E-state index in [0.717, 1.165) is 10.8 Å². The van der Waals surface area contributed by atoms with Gasteiger partial charge in [0, 0.05) is 16.0 Å². The maximum absolute atomic E-state index is 5.80. The number of rotatable bonds is 5. The molecule has 0 spiro atoms. The molecule has 1 N–H and O–H groups in total. The molecule has 3 heteroatoms. The second-order valence-corrected chi connectivity index (χ2v) is 4.89. The van der Waals surface area contributed by atoms with Crippen molar-refractivity contribution in [3.8, 4) is 0 Å². The summed E-state index contributed by atoms with van der Waals surface area (Å²) in [5.74, 6) is 1.14. The van der Waals surface area contributed by atoms with Crippen LogP contribution in [0.3, 0.4) is 0 Å². The second-order valence-electron chi connectivity index (χ2n) is 3.28. The number of nitrogens with one attached hydrogen (secondary N) is 1. The maximum atomic E-state index is 5.80. The fourth-order valence-corrected chi connectivity index (χ4v) is 2.19. The van der Waals surface area contributed by atoms with E-state index >= 15 is 0 Å². The largest absolute Gasteiger partial charge is 0.317 e. The Morgan fingerprint density at radius 2 is 2.00 bits per heavy atom. The zero-order chi connectivity index (χ0) is 10.4. The lowest BCUT2D eigenvalue weighted by Crippen LogP contribution is -2.21. The van der Waals surface area contributed by atoms with Crippen molar-refractivity contribution in [3.05, 3.63) is 29.3 Å². The summed E-state index contributed by atoms with van der Waals surface area (Å²) in [5, 5.41) is 4.03. The van der Waals surface area contributed by atoms with Gasteiger partial charge in [0.1, 0.15) is 0 Å². The zero-order valence-corrected chi connectivity index (χ0v) is 10.2. The molecule has 0 radical (unpaired) electrons. The Morgan fingerprint density at radius 1 is 1.36 bits per heavy atom. The van der Waals surface area contributed by atoms with Crippen molar-refractivity contribution >= 4 is 23.4 Å². The Morgan fingerprint density at radius 3 is 2.57 bits per heavy atom. The van der Waals surface area contributed by atoms with Crippen molar-refractivity contribution in [1.29, 1.82) is 0 Å². The van der Waals surface area contributed by atoms with Gasteiger partial charge in [0.05, 0.1) is 0 Å². The van der Waals surface area contributed by atoms with Crippen molar-refractivity contribution in [2.24, 2.45) is 0 Å². The molecule has 78 valence electrons. The summed E-state index contributed by atoms with van der Waals surface area (Å²) in [6.45, 7) is 2.20. The first-order chi connectivity index (χ1) is 6.72. The fraction of sp³-hybridized carbons (Fsp3) is 0.455. The lowest BCUT2D eigenvalue weighted by Gasteiger charge is -2.08. The maximum Gasteiger partial charge on any atom is 0.0406 e. The monoisotopic (exact) mass is 229 g/mol. The molecule has 0 fully saturated rings. The molecule has 0 aromatic heterocycles. The highest BCUT2D eigenvalue weighted by Gasteiger charge is 1.98. The predicted octanol–water partition coefficient (Wildman–Crippen LogP) is 3.43. The molecule has 1 unspecified atom stereocenters. The van der Waals surface area contributed by atoms with E-state index in [1.54, 1.807) is 0 Å². The van der Waals surface area contributed by atoms with E-state index in [0.29, 0.717) is 6.04 Å². The highest BCUT2D eigenvalue weighted by atomic mass is 35.5. The molecular weight excluding hydrogens is 214 g/mol. The minimum atomic E-state index is 0.592. The quantitative estimate of drug-likeness (QED) is 0.777. The number of hydrogen-bond acceptors (Lipinski definition) is 2. The van der Waals surface area contributed by atoms with Crippen LogP contribution in [-0.4, -0.2) is 18.8 Å². The Kier molecular flexibility index (Phi) is 5.38. The van der Waals surface area contributed by atoms with Crippen LogP contribution in [0.1, 0.15) is 13.3 Å². The molecule has 1 rings (SSSR count). The molecule has 0 saturated carbocycles. The van der Waals surface area contributed by atoms with E-state index in [1.165, 1.54) is 11.3 Å². The number of hydrogen-bond donors (Lipinski definition) is 1. The molecule has 1 nitrogen and oxygen atoms in total. The van der Waals surface area contributed by atoms with Crippen LogP contribution < -0.4 is 5.32 Å². The molecule has 0 aliphatic carbocycles. The van der Waals surface area contributed by atoms with Gasteiger partial charge in [-0.25, -0.2) is 0 Å². The van der Waals surface area contributed by atoms with Gasteiger partial charge in [0.2, 0.25) is 0 Å². The van der Waals surface area contributed by atoms with Crippen molar-refractivity contribution in [2.75, 3.05) is 12.8 Å². The van der Waals surface area contributed by atoms with Crippen molar-refractivity contribution in [2.45, 2.75) is 24.3 Å². The first kappa shape index (κ1) is 11.9. The minimum Gasteiger partial charge on any atom is -0.317 e. The van der Waals surface area contributed by atoms with Crippen molar-refractivity contribution in [1.82, 2.24) is 5.32 Å². The number of halogens is 1. The zero-order valence-electron chi connectivity index (χ0n) is 8.59. The first-order valence-electron chi connectivity index (χ1n) is 4.78. The van der Waals surface area contributed by atoms with Crippen LogP contribution in [0, 0.1) is 0 Å². The van der Waals surface area contributed by atoms with Gasteiger partial charge in [-0.1, -0.05) is 11.6 Å². The van der Waals surface area contributed by atoms with Crippen LogP contribution in [0.4, 0.5) is 0 Å².